The van der Waals surface area contributed by atoms with Crippen molar-refractivity contribution >= 4 is 11.8 Å². The number of aryl methyl sites for hydroxylation is 1. The predicted octanol–water partition coefficient (Wildman–Crippen LogP) is 4.25. The Balaban J connectivity index is 1.99. The van der Waals surface area contributed by atoms with Crippen molar-refractivity contribution in [1.82, 2.24) is 4.57 Å². The molecule has 1 heterocycles. The third-order valence-electron chi connectivity index (χ3n) is 4.40. The summed E-state index contributed by atoms with van der Waals surface area (Å²) < 4.78 is 44.8. The Hall–Kier alpha value is -2.57. The molecule has 0 radical (unpaired) electrons. The fourth-order valence-corrected chi connectivity index (χ4v) is 3.20. The number of ketones is 1. The van der Waals surface area contributed by atoms with E-state index in [4.69, 9.17) is 4.74 Å². The number of alkyl halides is 3. The van der Waals surface area contributed by atoms with Crippen molar-refractivity contribution in [3.8, 4) is 0 Å². The Kier molecular flexibility index (Phi) is 4.89. The van der Waals surface area contributed by atoms with Gasteiger partial charge in [0.25, 0.3) is 0 Å². The first-order valence-electron chi connectivity index (χ1n) is 8.40. The van der Waals surface area contributed by atoms with Crippen LogP contribution in [-0.4, -0.2) is 22.9 Å². The number of ether oxygens (including phenoxy) is 1. The number of esters is 1. The lowest BCUT2D eigenvalue weighted by atomic mass is 9.97. The molecule has 0 saturated carbocycles. The summed E-state index contributed by atoms with van der Waals surface area (Å²) in [5.74, 6) is -0.602. The topological polar surface area (TPSA) is 48.3 Å². The number of benzene rings is 1. The molecule has 26 heavy (non-hydrogen) atoms. The number of aromatic nitrogens is 1. The average Bonchev–Trinajstić information content (AvgIpc) is 2.95. The molecule has 0 amide bonds. The lowest BCUT2D eigenvalue weighted by Gasteiger charge is -2.16. The molecule has 0 bridgehead atoms. The molecular weight excluding hydrogens is 347 g/mol. The highest BCUT2D eigenvalue weighted by Gasteiger charge is 2.30. The van der Waals surface area contributed by atoms with Crippen LogP contribution in [0.3, 0.4) is 0 Å². The number of carbonyl (C=O) groups is 2. The Bertz CT molecular complexity index is 835. The molecule has 0 N–H and O–H groups in total. The van der Waals surface area contributed by atoms with E-state index in [2.05, 4.69) is 0 Å². The molecule has 1 aromatic heterocycles. The molecule has 0 spiro atoms. The van der Waals surface area contributed by atoms with Crippen LogP contribution in [0.2, 0.25) is 0 Å². The summed E-state index contributed by atoms with van der Waals surface area (Å²) in [7, 11) is 0. The minimum absolute atomic E-state index is 0.0614. The summed E-state index contributed by atoms with van der Waals surface area (Å²) in [4.78, 5) is 24.6. The van der Waals surface area contributed by atoms with Crippen LogP contribution in [0.25, 0.3) is 0 Å². The Morgan fingerprint density at radius 3 is 2.50 bits per heavy atom. The summed E-state index contributed by atoms with van der Waals surface area (Å²) in [6.45, 7) is 2.02. The molecule has 4 nitrogen and oxygen atoms in total. The van der Waals surface area contributed by atoms with E-state index in [1.165, 1.54) is 12.1 Å². The zero-order valence-corrected chi connectivity index (χ0v) is 14.2. The highest BCUT2D eigenvalue weighted by atomic mass is 19.4. The van der Waals surface area contributed by atoms with E-state index in [0.29, 0.717) is 24.1 Å². The lowest BCUT2D eigenvalue weighted by molar-refractivity contribution is -0.137. The van der Waals surface area contributed by atoms with E-state index in [1.54, 1.807) is 17.6 Å². The Labute approximate surface area is 148 Å². The minimum atomic E-state index is -4.41. The van der Waals surface area contributed by atoms with Gasteiger partial charge in [0.1, 0.15) is 5.69 Å². The molecule has 0 atom stereocenters. The van der Waals surface area contributed by atoms with Gasteiger partial charge >= 0.3 is 12.1 Å². The van der Waals surface area contributed by atoms with Gasteiger partial charge in [-0.2, -0.15) is 13.2 Å². The molecule has 0 saturated heterocycles. The normalized spacial score (nSPS) is 14.2. The molecule has 3 rings (SSSR count). The second kappa shape index (κ2) is 6.97. The van der Waals surface area contributed by atoms with Gasteiger partial charge in [-0.15, -0.1) is 0 Å². The second-order valence-corrected chi connectivity index (χ2v) is 6.18. The molecule has 1 aliphatic carbocycles. The van der Waals surface area contributed by atoms with Crippen molar-refractivity contribution in [3.05, 3.63) is 58.4 Å². The first kappa shape index (κ1) is 18.2. The zero-order valence-electron chi connectivity index (χ0n) is 14.2. The van der Waals surface area contributed by atoms with Crippen LogP contribution in [-0.2, 0) is 23.9 Å². The van der Waals surface area contributed by atoms with E-state index >= 15 is 0 Å². The van der Waals surface area contributed by atoms with Crippen LogP contribution in [0.4, 0.5) is 13.2 Å². The van der Waals surface area contributed by atoms with Crippen molar-refractivity contribution in [2.45, 2.75) is 38.9 Å². The molecule has 1 aliphatic rings. The fourth-order valence-electron chi connectivity index (χ4n) is 3.20. The van der Waals surface area contributed by atoms with Gasteiger partial charge in [0.2, 0.25) is 0 Å². The third-order valence-corrected chi connectivity index (χ3v) is 4.40. The quantitative estimate of drug-likeness (QED) is 0.761. The summed E-state index contributed by atoms with van der Waals surface area (Å²) in [5, 5.41) is 0. The van der Waals surface area contributed by atoms with E-state index in [9.17, 15) is 22.8 Å². The van der Waals surface area contributed by atoms with Crippen LogP contribution in [0.5, 0.6) is 0 Å². The first-order valence-corrected chi connectivity index (χ1v) is 8.40. The highest BCUT2D eigenvalue weighted by molar-refractivity contribution is 6.00. The van der Waals surface area contributed by atoms with Crippen LogP contribution in [0, 0.1) is 0 Å². The van der Waals surface area contributed by atoms with E-state index in [-0.39, 0.29) is 24.6 Å². The van der Waals surface area contributed by atoms with Gasteiger partial charge in [0.15, 0.2) is 5.78 Å². The molecule has 2 aromatic rings. The number of carbonyl (C=O) groups excluding carboxylic acids is 2. The van der Waals surface area contributed by atoms with E-state index < -0.39 is 17.7 Å². The molecule has 0 aliphatic heterocycles. The highest BCUT2D eigenvalue weighted by Crippen LogP contribution is 2.30. The Morgan fingerprint density at radius 1 is 1.19 bits per heavy atom. The number of hydrogen-bond donors (Lipinski definition) is 0. The van der Waals surface area contributed by atoms with E-state index in [0.717, 1.165) is 24.1 Å². The zero-order chi connectivity index (χ0) is 18.9. The third kappa shape index (κ3) is 3.52. The van der Waals surface area contributed by atoms with Gasteiger partial charge in [-0.25, -0.2) is 4.79 Å². The average molecular weight is 365 g/mol. The number of Topliss-reactive ketones (excluding diaryl/α,β-unsaturated/α-hetero) is 1. The minimum Gasteiger partial charge on any atom is -0.461 e. The number of halogens is 3. The molecule has 7 heteroatoms. The van der Waals surface area contributed by atoms with Crippen LogP contribution in [0.1, 0.15) is 57.4 Å². The smallest absolute Gasteiger partial charge is 0.416 e. The van der Waals surface area contributed by atoms with Crippen LogP contribution < -0.4 is 0 Å². The molecule has 1 aromatic carbocycles. The number of hydrogen-bond acceptors (Lipinski definition) is 3. The predicted molar refractivity (Wildman–Crippen MR) is 88.2 cm³/mol. The maximum Gasteiger partial charge on any atom is 0.416 e. The summed E-state index contributed by atoms with van der Waals surface area (Å²) in [6.07, 6.45) is -2.60. The Morgan fingerprint density at radius 2 is 1.88 bits per heavy atom. The number of rotatable bonds is 4. The van der Waals surface area contributed by atoms with Crippen molar-refractivity contribution < 1.29 is 27.5 Å². The van der Waals surface area contributed by atoms with Gasteiger partial charge in [-0.05, 0) is 49.1 Å². The van der Waals surface area contributed by atoms with Crippen LogP contribution >= 0.6 is 0 Å². The van der Waals surface area contributed by atoms with Gasteiger partial charge in [-0.1, -0.05) is 12.1 Å². The standard InChI is InChI=1S/C19H18F3NO3/c1-2-26-18(25)15-10-13-4-3-5-16(24)17(13)23(15)11-12-6-8-14(9-7-12)19(20,21)22/h6-10H,2-5,11H2,1H3. The first-order chi connectivity index (χ1) is 12.3. The molecule has 0 fully saturated rings. The van der Waals surface area contributed by atoms with Gasteiger partial charge in [0.05, 0.1) is 17.9 Å². The number of fused-ring (bicyclic) bond motifs is 1. The molecule has 0 unspecified atom stereocenters. The summed E-state index contributed by atoms with van der Waals surface area (Å²) in [6, 6.07) is 6.37. The molecular formula is C19H18F3NO3. The largest absolute Gasteiger partial charge is 0.461 e. The number of nitrogens with zero attached hydrogens (tertiary/aromatic N) is 1. The summed E-state index contributed by atoms with van der Waals surface area (Å²) in [5.41, 5.74) is 1.33. The maximum atomic E-state index is 12.7. The van der Waals surface area contributed by atoms with Crippen molar-refractivity contribution in [1.29, 1.82) is 0 Å². The van der Waals surface area contributed by atoms with Crippen LogP contribution in [0.15, 0.2) is 30.3 Å². The van der Waals surface area contributed by atoms with Crippen molar-refractivity contribution in [2.24, 2.45) is 0 Å². The van der Waals surface area contributed by atoms with Crippen molar-refractivity contribution in [3.63, 3.8) is 0 Å². The van der Waals surface area contributed by atoms with E-state index in [1.807, 2.05) is 0 Å². The second-order valence-electron chi connectivity index (χ2n) is 6.18. The van der Waals surface area contributed by atoms with Gasteiger partial charge < -0.3 is 9.30 Å². The maximum absolute atomic E-state index is 12.7. The van der Waals surface area contributed by atoms with Gasteiger partial charge in [-0.3, -0.25) is 4.79 Å². The summed E-state index contributed by atoms with van der Waals surface area (Å²) >= 11 is 0. The fraction of sp³-hybridized carbons (Fsp3) is 0.368. The van der Waals surface area contributed by atoms with Crippen molar-refractivity contribution in [2.75, 3.05) is 6.61 Å². The monoisotopic (exact) mass is 365 g/mol. The van der Waals surface area contributed by atoms with Gasteiger partial charge in [0, 0.05) is 13.0 Å². The lowest BCUT2D eigenvalue weighted by Crippen LogP contribution is -2.19. The SMILES string of the molecule is CCOC(=O)c1cc2c(n1Cc1ccc(C(F)(F)F)cc1)C(=O)CCC2. The molecule has 138 valence electrons.